The van der Waals surface area contributed by atoms with Gasteiger partial charge in [0, 0.05) is 8.95 Å². The Bertz CT molecular complexity index is 500. The summed E-state index contributed by atoms with van der Waals surface area (Å²) in [4.78, 5) is -0.788. The molecule has 90 valence electrons. The molecule has 0 saturated heterocycles. The van der Waals surface area contributed by atoms with Gasteiger partial charge in [-0.25, -0.2) is 8.42 Å². The second kappa shape index (κ2) is 4.30. The second-order valence-corrected chi connectivity index (χ2v) is 6.61. The van der Waals surface area contributed by atoms with E-state index in [4.69, 9.17) is 0 Å². The molecule has 8 heteroatoms. The van der Waals surface area contributed by atoms with Crippen LogP contribution in [0.3, 0.4) is 0 Å². The van der Waals surface area contributed by atoms with E-state index in [2.05, 4.69) is 31.9 Å². The molecule has 0 aromatic heterocycles. The molecule has 0 spiro atoms. The molecule has 0 bridgehead atoms. The van der Waals surface area contributed by atoms with Gasteiger partial charge in [0.15, 0.2) is 0 Å². The van der Waals surface area contributed by atoms with Crippen LogP contribution in [0.4, 0.5) is 13.2 Å². The highest BCUT2D eigenvalue weighted by atomic mass is 79.9. The van der Waals surface area contributed by atoms with Crippen molar-refractivity contribution in [1.29, 1.82) is 0 Å². The topological polar surface area (TPSA) is 34.1 Å². The number of sulfone groups is 1. The van der Waals surface area contributed by atoms with Crippen LogP contribution in [0.5, 0.6) is 0 Å². The minimum Gasteiger partial charge on any atom is -0.214 e. The van der Waals surface area contributed by atoms with Crippen molar-refractivity contribution >= 4 is 41.7 Å². The number of alkyl halides is 3. The van der Waals surface area contributed by atoms with Crippen molar-refractivity contribution in [2.24, 2.45) is 0 Å². The molecular weight excluding hydrogens is 377 g/mol. The summed E-state index contributed by atoms with van der Waals surface area (Å²) in [6.07, 6.45) is 0. The summed E-state index contributed by atoms with van der Waals surface area (Å²) in [6.45, 7) is 1.64. The van der Waals surface area contributed by atoms with Gasteiger partial charge < -0.3 is 0 Å². The highest BCUT2D eigenvalue weighted by Gasteiger charge is 2.47. The normalized spacial score (nSPS) is 12.9. The molecule has 0 saturated carbocycles. The van der Waals surface area contributed by atoms with Gasteiger partial charge in [-0.2, -0.15) is 13.2 Å². The van der Waals surface area contributed by atoms with Crippen molar-refractivity contribution in [3.8, 4) is 0 Å². The molecule has 1 rings (SSSR count). The number of hydrogen-bond donors (Lipinski definition) is 0. The lowest BCUT2D eigenvalue weighted by atomic mass is 10.2. The highest BCUT2D eigenvalue weighted by molar-refractivity contribution is 9.11. The van der Waals surface area contributed by atoms with E-state index in [-0.39, 0.29) is 0 Å². The first-order valence-electron chi connectivity index (χ1n) is 3.84. The molecule has 0 N–H and O–H groups in total. The molecule has 1 aromatic carbocycles. The number of rotatable bonds is 1. The number of benzene rings is 1. The van der Waals surface area contributed by atoms with Gasteiger partial charge in [-0.05, 0) is 24.6 Å². The lowest BCUT2D eigenvalue weighted by Crippen LogP contribution is -2.23. The molecular formula is C8H5Br2F3O2S. The van der Waals surface area contributed by atoms with Crippen LogP contribution in [0.25, 0.3) is 0 Å². The predicted molar refractivity (Wildman–Crippen MR) is 59.8 cm³/mol. The van der Waals surface area contributed by atoms with Crippen LogP contribution in [-0.4, -0.2) is 13.9 Å². The maximum absolute atomic E-state index is 12.3. The third-order valence-electron chi connectivity index (χ3n) is 1.87. The monoisotopic (exact) mass is 380 g/mol. The van der Waals surface area contributed by atoms with Gasteiger partial charge in [-0.15, -0.1) is 0 Å². The second-order valence-electron chi connectivity index (χ2n) is 2.96. The fourth-order valence-corrected chi connectivity index (χ4v) is 3.21. The molecule has 1 aromatic rings. The van der Waals surface area contributed by atoms with Crippen LogP contribution in [0, 0.1) is 6.92 Å². The van der Waals surface area contributed by atoms with Gasteiger partial charge in [0.2, 0.25) is 0 Å². The quantitative estimate of drug-likeness (QED) is 0.741. The van der Waals surface area contributed by atoms with Gasteiger partial charge in [0.25, 0.3) is 9.84 Å². The van der Waals surface area contributed by atoms with Gasteiger partial charge in [0.1, 0.15) is 0 Å². The molecule has 0 unspecified atom stereocenters. The smallest absolute Gasteiger partial charge is 0.214 e. The fraction of sp³-hybridized carbons (Fsp3) is 0.250. The molecule has 0 radical (unpaired) electrons. The Morgan fingerprint density at radius 1 is 1.12 bits per heavy atom. The fourth-order valence-electron chi connectivity index (χ4n) is 0.911. The van der Waals surface area contributed by atoms with Crippen molar-refractivity contribution in [2.45, 2.75) is 17.3 Å². The zero-order valence-corrected chi connectivity index (χ0v) is 11.8. The number of hydrogen-bond acceptors (Lipinski definition) is 2. The summed E-state index contributed by atoms with van der Waals surface area (Å²) in [5.74, 6) is 0. The SMILES string of the molecule is Cc1c(Br)cc(S(=O)(=O)C(F)(F)F)cc1Br. The third-order valence-corrected chi connectivity index (χ3v) is 4.98. The summed E-state index contributed by atoms with van der Waals surface area (Å²) in [7, 11) is -5.30. The van der Waals surface area contributed by atoms with E-state index >= 15 is 0 Å². The van der Waals surface area contributed by atoms with Gasteiger partial charge in [0.05, 0.1) is 4.90 Å². The third kappa shape index (κ3) is 2.43. The van der Waals surface area contributed by atoms with E-state index in [0.717, 1.165) is 12.1 Å². The molecule has 0 heterocycles. The summed E-state index contributed by atoms with van der Waals surface area (Å²) in [5.41, 5.74) is -4.66. The largest absolute Gasteiger partial charge is 0.501 e. The van der Waals surface area contributed by atoms with Crippen molar-refractivity contribution < 1.29 is 21.6 Å². The first kappa shape index (κ1) is 14.0. The van der Waals surface area contributed by atoms with Crippen molar-refractivity contribution in [3.05, 3.63) is 26.6 Å². The lowest BCUT2D eigenvalue weighted by molar-refractivity contribution is -0.0436. The molecule has 0 atom stereocenters. The van der Waals surface area contributed by atoms with E-state index in [0.29, 0.717) is 14.5 Å². The Morgan fingerprint density at radius 2 is 1.50 bits per heavy atom. The molecule has 0 aliphatic rings. The van der Waals surface area contributed by atoms with E-state index in [1.165, 1.54) is 0 Å². The van der Waals surface area contributed by atoms with Crippen molar-refractivity contribution in [2.75, 3.05) is 0 Å². The van der Waals surface area contributed by atoms with Crippen LogP contribution >= 0.6 is 31.9 Å². The first-order chi connectivity index (χ1) is 7.07. The Balaban J connectivity index is 3.49. The Labute approximate surface area is 107 Å². The van der Waals surface area contributed by atoms with Crippen LogP contribution in [0.2, 0.25) is 0 Å². The number of halogens is 5. The lowest BCUT2D eigenvalue weighted by Gasteiger charge is -2.10. The standard InChI is InChI=1S/C8H5Br2F3O2S/c1-4-6(9)2-5(3-7(4)10)16(14,15)8(11,12)13/h2-3H,1H3. The molecule has 0 aliphatic heterocycles. The Morgan fingerprint density at radius 3 is 1.81 bits per heavy atom. The van der Waals surface area contributed by atoms with Gasteiger partial charge in [-0.3, -0.25) is 0 Å². The first-order valence-corrected chi connectivity index (χ1v) is 6.91. The average molecular weight is 382 g/mol. The van der Waals surface area contributed by atoms with Crippen LogP contribution in [0.1, 0.15) is 5.56 Å². The Kier molecular flexibility index (Phi) is 3.76. The average Bonchev–Trinajstić information content (AvgIpc) is 2.11. The molecule has 0 fully saturated rings. The summed E-state index contributed by atoms with van der Waals surface area (Å²) < 4.78 is 59.6. The zero-order chi connectivity index (χ0) is 12.7. The van der Waals surface area contributed by atoms with Crippen LogP contribution in [0.15, 0.2) is 26.0 Å². The van der Waals surface area contributed by atoms with E-state index in [1.54, 1.807) is 6.92 Å². The van der Waals surface area contributed by atoms with Crippen LogP contribution < -0.4 is 0 Å². The maximum Gasteiger partial charge on any atom is 0.501 e. The van der Waals surface area contributed by atoms with Crippen molar-refractivity contribution in [3.63, 3.8) is 0 Å². The summed E-state index contributed by atoms with van der Waals surface area (Å²) >= 11 is 5.99. The minimum atomic E-state index is -5.30. The maximum atomic E-state index is 12.3. The molecule has 0 aliphatic carbocycles. The van der Waals surface area contributed by atoms with E-state index in [1.807, 2.05) is 0 Å². The van der Waals surface area contributed by atoms with E-state index in [9.17, 15) is 21.6 Å². The molecule has 2 nitrogen and oxygen atoms in total. The highest BCUT2D eigenvalue weighted by Crippen LogP contribution is 2.35. The molecule has 0 amide bonds. The zero-order valence-electron chi connectivity index (χ0n) is 7.77. The minimum absolute atomic E-state index is 0.296. The van der Waals surface area contributed by atoms with E-state index < -0.39 is 20.2 Å². The Hall–Kier alpha value is -0.0800. The van der Waals surface area contributed by atoms with Crippen molar-refractivity contribution in [1.82, 2.24) is 0 Å². The summed E-state index contributed by atoms with van der Waals surface area (Å²) in [5, 5.41) is 0. The van der Waals surface area contributed by atoms with Gasteiger partial charge in [-0.1, -0.05) is 31.9 Å². The van der Waals surface area contributed by atoms with Crippen LogP contribution in [-0.2, 0) is 9.84 Å². The van der Waals surface area contributed by atoms with Gasteiger partial charge >= 0.3 is 5.51 Å². The predicted octanol–water partition coefficient (Wildman–Crippen LogP) is 3.81. The molecule has 16 heavy (non-hydrogen) atoms. The summed E-state index contributed by atoms with van der Waals surface area (Å²) in [6, 6.07) is 1.87.